The van der Waals surface area contributed by atoms with E-state index in [0.717, 1.165) is 25.8 Å². The van der Waals surface area contributed by atoms with E-state index in [1.807, 2.05) is 0 Å². The lowest BCUT2D eigenvalue weighted by molar-refractivity contribution is -0.120. The van der Waals surface area contributed by atoms with Crippen LogP contribution in [-0.4, -0.2) is 18.5 Å². The Labute approximate surface area is 81.1 Å². The molecule has 0 spiro atoms. The molecule has 0 fully saturated rings. The van der Waals surface area contributed by atoms with E-state index in [1.54, 1.807) is 0 Å². The van der Waals surface area contributed by atoms with Gasteiger partial charge in [-0.25, -0.2) is 0 Å². The molecule has 0 radical (unpaired) electrons. The molecule has 3 N–H and O–H groups in total. The molecular formula is C10H22N2O. The van der Waals surface area contributed by atoms with Crippen LogP contribution in [-0.2, 0) is 4.79 Å². The fraction of sp³-hybridized carbons (Fsp3) is 0.900. The molecule has 1 unspecified atom stereocenters. The Bertz CT molecular complexity index is 146. The smallest absolute Gasteiger partial charge is 0.234 e. The van der Waals surface area contributed by atoms with Crippen molar-refractivity contribution >= 4 is 5.91 Å². The van der Waals surface area contributed by atoms with Gasteiger partial charge in [0.25, 0.3) is 0 Å². The molecule has 0 bridgehead atoms. The van der Waals surface area contributed by atoms with Crippen LogP contribution >= 0.6 is 0 Å². The number of hydrogen-bond acceptors (Lipinski definition) is 2. The first-order chi connectivity index (χ1) is 6.07. The van der Waals surface area contributed by atoms with Gasteiger partial charge < -0.3 is 11.1 Å². The van der Waals surface area contributed by atoms with Crippen LogP contribution in [0.1, 0.15) is 40.0 Å². The Kier molecular flexibility index (Phi) is 6.59. The summed E-state index contributed by atoms with van der Waals surface area (Å²) < 4.78 is 0. The van der Waals surface area contributed by atoms with E-state index in [-0.39, 0.29) is 11.9 Å². The van der Waals surface area contributed by atoms with Crippen molar-refractivity contribution in [2.45, 2.75) is 46.1 Å². The zero-order valence-corrected chi connectivity index (χ0v) is 8.97. The third-order valence-corrected chi connectivity index (χ3v) is 1.97. The maximum Gasteiger partial charge on any atom is 0.234 e. The highest BCUT2D eigenvalue weighted by molar-refractivity contribution is 5.79. The Balaban J connectivity index is 3.74. The molecule has 78 valence electrons. The molecule has 0 aromatic rings. The second kappa shape index (κ2) is 6.89. The summed E-state index contributed by atoms with van der Waals surface area (Å²) in [7, 11) is 0. The van der Waals surface area contributed by atoms with Crippen molar-refractivity contribution in [1.82, 2.24) is 5.32 Å². The summed E-state index contributed by atoms with van der Waals surface area (Å²) in [5.41, 5.74) is 5.27. The first kappa shape index (κ1) is 12.4. The minimum atomic E-state index is -0.232. The van der Waals surface area contributed by atoms with Gasteiger partial charge in [-0.2, -0.15) is 0 Å². The molecule has 3 heteroatoms. The van der Waals surface area contributed by atoms with Crippen molar-refractivity contribution < 1.29 is 4.79 Å². The number of nitrogens with two attached hydrogens (primary N) is 1. The SMILES string of the molecule is CCCCNC(CC(C)C)C(N)=O. The van der Waals surface area contributed by atoms with Crippen LogP contribution in [0.5, 0.6) is 0 Å². The lowest BCUT2D eigenvalue weighted by atomic mass is 10.0. The van der Waals surface area contributed by atoms with Crippen LogP contribution in [0.4, 0.5) is 0 Å². The average molecular weight is 186 g/mol. The number of unbranched alkanes of at least 4 members (excludes halogenated alkanes) is 1. The second-order valence-corrected chi connectivity index (χ2v) is 3.89. The van der Waals surface area contributed by atoms with E-state index in [0.29, 0.717) is 5.92 Å². The van der Waals surface area contributed by atoms with Gasteiger partial charge in [0.05, 0.1) is 6.04 Å². The molecule has 0 saturated heterocycles. The van der Waals surface area contributed by atoms with Crippen LogP contribution < -0.4 is 11.1 Å². The summed E-state index contributed by atoms with van der Waals surface area (Å²) in [6.45, 7) is 7.20. The number of amides is 1. The van der Waals surface area contributed by atoms with E-state index in [9.17, 15) is 4.79 Å². The highest BCUT2D eigenvalue weighted by Gasteiger charge is 2.15. The maximum atomic E-state index is 11.0. The van der Waals surface area contributed by atoms with E-state index in [4.69, 9.17) is 5.73 Å². The number of rotatable bonds is 7. The van der Waals surface area contributed by atoms with Gasteiger partial charge in [0, 0.05) is 0 Å². The normalized spacial score (nSPS) is 13.2. The van der Waals surface area contributed by atoms with Gasteiger partial charge >= 0.3 is 0 Å². The van der Waals surface area contributed by atoms with Gasteiger partial charge in [0.15, 0.2) is 0 Å². The van der Waals surface area contributed by atoms with Crippen LogP contribution in [0.3, 0.4) is 0 Å². The van der Waals surface area contributed by atoms with Gasteiger partial charge in [0.1, 0.15) is 0 Å². The zero-order valence-electron chi connectivity index (χ0n) is 8.97. The summed E-state index contributed by atoms with van der Waals surface area (Å²) in [6.07, 6.45) is 3.07. The van der Waals surface area contributed by atoms with Crippen molar-refractivity contribution in [3.63, 3.8) is 0 Å². The van der Waals surface area contributed by atoms with Crippen molar-refractivity contribution in [2.75, 3.05) is 6.54 Å². The van der Waals surface area contributed by atoms with Crippen molar-refractivity contribution in [2.24, 2.45) is 11.7 Å². The lowest BCUT2D eigenvalue weighted by Gasteiger charge is -2.16. The van der Waals surface area contributed by atoms with E-state index >= 15 is 0 Å². The monoisotopic (exact) mass is 186 g/mol. The van der Waals surface area contributed by atoms with E-state index in [2.05, 4.69) is 26.1 Å². The van der Waals surface area contributed by atoms with E-state index in [1.165, 1.54) is 0 Å². The maximum absolute atomic E-state index is 11.0. The number of carbonyl (C=O) groups excluding carboxylic acids is 1. The Morgan fingerprint density at radius 3 is 2.46 bits per heavy atom. The molecular weight excluding hydrogens is 164 g/mol. The first-order valence-corrected chi connectivity index (χ1v) is 5.10. The van der Waals surface area contributed by atoms with Crippen LogP contribution in [0, 0.1) is 5.92 Å². The number of primary amides is 1. The summed E-state index contributed by atoms with van der Waals surface area (Å²) >= 11 is 0. The molecule has 0 heterocycles. The largest absolute Gasteiger partial charge is 0.368 e. The van der Waals surface area contributed by atoms with Gasteiger partial charge in [-0.15, -0.1) is 0 Å². The molecule has 0 aliphatic carbocycles. The third kappa shape index (κ3) is 6.58. The second-order valence-electron chi connectivity index (χ2n) is 3.89. The molecule has 1 amide bonds. The number of carbonyl (C=O) groups is 1. The van der Waals surface area contributed by atoms with E-state index < -0.39 is 0 Å². The summed E-state index contributed by atoms with van der Waals surface area (Å²) in [6, 6.07) is -0.147. The van der Waals surface area contributed by atoms with Gasteiger partial charge in [0.2, 0.25) is 5.91 Å². The minimum absolute atomic E-state index is 0.147. The van der Waals surface area contributed by atoms with Crippen LogP contribution in [0.25, 0.3) is 0 Å². The topological polar surface area (TPSA) is 55.1 Å². The fourth-order valence-corrected chi connectivity index (χ4v) is 1.22. The zero-order chi connectivity index (χ0) is 10.3. The Morgan fingerprint density at radius 1 is 1.46 bits per heavy atom. The molecule has 3 nitrogen and oxygen atoms in total. The standard InChI is InChI=1S/C10H22N2O/c1-4-5-6-12-9(10(11)13)7-8(2)3/h8-9,12H,4-7H2,1-3H3,(H2,11,13). The summed E-state index contributed by atoms with van der Waals surface area (Å²) in [5, 5.41) is 3.18. The molecule has 0 aromatic heterocycles. The van der Waals surface area contributed by atoms with Crippen molar-refractivity contribution in [1.29, 1.82) is 0 Å². The fourth-order valence-electron chi connectivity index (χ4n) is 1.22. The van der Waals surface area contributed by atoms with Crippen LogP contribution in [0.2, 0.25) is 0 Å². The van der Waals surface area contributed by atoms with Gasteiger partial charge in [-0.05, 0) is 25.3 Å². The lowest BCUT2D eigenvalue weighted by Crippen LogP contribution is -2.42. The Morgan fingerprint density at radius 2 is 2.08 bits per heavy atom. The molecule has 13 heavy (non-hydrogen) atoms. The molecule has 1 atom stereocenters. The molecule has 0 aromatic carbocycles. The first-order valence-electron chi connectivity index (χ1n) is 5.10. The van der Waals surface area contributed by atoms with Gasteiger partial charge in [-0.3, -0.25) is 4.79 Å². The minimum Gasteiger partial charge on any atom is -0.368 e. The number of nitrogens with one attached hydrogen (secondary N) is 1. The van der Waals surface area contributed by atoms with Crippen molar-refractivity contribution in [3.05, 3.63) is 0 Å². The summed E-state index contributed by atoms with van der Waals surface area (Å²) in [4.78, 5) is 11.0. The molecule has 0 saturated carbocycles. The average Bonchev–Trinajstić information content (AvgIpc) is 2.02. The highest BCUT2D eigenvalue weighted by atomic mass is 16.1. The summed E-state index contributed by atoms with van der Waals surface area (Å²) in [5.74, 6) is 0.274. The quantitative estimate of drug-likeness (QED) is 0.588. The molecule has 0 aliphatic rings. The molecule has 0 rings (SSSR count). The molecule has 0 aliphatic heterocycles. The Hall–Kier alpha value is -0.570. The third-order valence-electron chi connectivity index (χ3n) is 1.97. The van der Waals surface area contributed by atoms with Crippen LogP contribution in [0.15, 0.2) is 0 Å². The van der Waals surface area contributed by atoms with Crippen molar-refractivity contribution in [3.8, 4) is 0 Å². The predicted octanol–water partition coefficient (Wildman–Crippen LogP) is 1.28. The number of hydrogen-bond donors (Lipinski definition) is 2. The van der Waals surface area contributed by atoms with Gasteiger partial charge in [-0.1, -0.05) is 27.2 Å². The highest BCUT2D eigenvalue weighted by Crippen LogP contribution is 2.04. The predicted molar refractivity (Wildman–Crippen MR) is 55.3 cm³/mol.